The van der Waals surface area contributed by atoms with E-state index in [4.69, 9.17) is 9.47 Å². The van der Waals surface area contributed by atoms with Crippen LogP contribution in [0.3, 0.4) is 0 Å². The van der Waals surface area contributed by atoms with Crippen molar-refractivity contribution in [1.82, 2.24) is 15.1 Å². The van der Waals surface area contributed by atoms with Gasteiger partial charge in [0.05, 0.1) is 19.8 Å². The first-order chi connectivity index (χ1) is 13.2. The summed E-state index contributed by atoms with van der Waals surface area (Å²) in [6.45, 7) is 6.09. The van der Waals surface area contributed by atoms with E-state index in [9.17, 15) is 0 Å². The molecule has 0 bridgehead atoms. The van der Waals surface area contributed by atoms with Crippen LogP contribution >= 0.6 is 24.0 Å². The van der Waals surface area contributed by atoms with Gasteiger partial charge in [0.2, 0.25) is 0 Å². The molecule has 0 aromatic heterocycles. The molecular weight excluding hydrogens is 467 g/mol. The molecule has 1 N–H and O–H groups in total. The van der Waals surface area contributed by atoms with Crippen molar-refractivity contribution in [2.24, 2.45) is 10.9 Å². The molecular formula is C21H35IN4O2. The van der Waals surface area contributed by atoms with Crippen LogP contribution in [-0.2, 0) is 4.74 Å². The molecule has 1 aromatic rings. The number of halogens is 1. The van der Waals surface area contributed by atoms with Gasteiger partial charge in [-0.3, -0.25) is 9.89 Å². The fraction of sp³-hybridized carbons (Fsp3) is 0.667. The van der Waals surface area contributed by atoms with Crippen molar-refractivity contribution in [3.8, 4) is 5.75 Å². The number of nitrogens with one attached hydrogen (secondary N) is 1. The quantitative estimate of drug-likeness (QED) is 0.353. The highest BCUT2D eigenvalue weighted by Crippen LogP contribution is 2.26. The van der Waals surface area contributed by atoms with Gasteiger partial charge < -0.3 is 19.7 Å². The third-order valence-corrected chi connectivity index (χ3v) is 5.74. The summed E-state index contributed by atoms with van der Waals surface area (Å²) >= 11 is 0. The van der Waals surface area contributed by atoms with Gasteiger partial charge in [-0.2, -0.15) is 0 Å². The second-order valence-corrected chi connectivity index (χ2v) is 7.52. The third kappa shape index (κ3) is 5.97. The largest absolute Gasteiger partial charge is 0.497 e. The Kier molecular flexibility index (Phi) is 9.81. The van der Waals surface area contributed by atoms with E-state index in [0.29, 0.717) is 12.0 Å². The van der Waals surface area contributed by atoms with Crippen molar-refractivity contribution < 1.29 is 9.47 Å². The van der Waals surface area contributed by atoms with E-state index in [1.165, 1.54) is 24.8 Å². The molecule has 2 aliphatic rings. The lowest BCUT2D eigenvalue weighted by atomic mass is 10.1. The highest BCUT2D eigenvalue weighted by Gasteiger charge is 2.27. The van der Waals surface area contributed by atoms with Gasteiger partial charge in [-0.15, -0.1) is 24.0 Å². The molecule has 0 aliphatic carbocycles. The number of ether oxygens (including phenoxy) is 2. The van der Waals surface area contributed by atoms with Crippen LogP contribution in [0, 0.1) is 5.92 Å². The third-order valence-electron chi connectivity index (χ3n) is 5.74. The maximum Gasteiger partial charge on any atom is 0.193 e. The Labute approximate surface area is 186 Å². The average molecular weight is 502 g/mol. The lowest BCUT2D eigenvalue weighted by Gasteiger charge is -2.30. The van der Waals surface area contributed by atoms with Crippen molar-refractivity contribution in [2.45, 2.75) is 25.3 Å². The summed E-state index contributed by atoms with van der Waals surface area (Å²) in [6, 6.07) is 8.85. The molecule has 158 valence electrons. The summed E-state index contributed by atoms with van der Waals surface area (Å²) in [5.41, 5.74) is 1.33. The normalized spacial score (nSPS) is 21.5. The lowest BCUT2D eigenvalue weighted by Crippen LogP contribution is -2.44. The number of hydrogen-bond acceptors (Lipinski definition) is 4. The molecule has 2 unspecified atom stereocenters. The van der Waals surface area contributed by atoms with Crippen LogP contribution in [0.4, 0.5) is 0 Å². The molecule has 2 heterocycles. The molecule has 0 saturated carbocycles. The molecule has 6 nitrogen and oxygen atoms in total. The number of rotatable bonds is 7. The van der Waals surface area contributed by atoms with Crippen molar-refractivity contribution in [1.29, 1.82) is 0 Å². The second kappa shape index (κ2) is 11.8. The van der Waals surface area contributed by atoms with Gasteiger partial charge in [-0.05, 0) is 50.0 Å². The number of nitrogens with zero attached hydrogens (tertiary/aromatic N) is 3. The minimum atomic E-state index is 0. The first-order valence-electron chi connectivity index (χ1n) is 10.1. The molecule has 1 aromatic carbocycles. The summed E-state index contributed by atoms with van der Waals surface area (Å²) in [5.74, 6) is 2.51. The topological polar surface area (TPSA) is 49.3 Å². The number of benzene rings is 1. The maximum atomic E-state index is 5.33. The average Bonchev–Trinajstić information content (AvgIpc) is 3.38. The summed E-state index contributed by atoms with van der Waals surface area (Å²) in [4.78, 5) is 9.48. The number of likely N-dealkylation sites (tertiary alicyclic amines) is 2. The van der Waals surface area contributed by atoms with Crippen molar-refractivity contribution in [3.63, 3.8) is 0 Å². The van der Waals surface area contributed by atoms with Crippen LogP contribution in [0.5, 0.6) is 5.75 Å². The van der Waals surface area contributed by atoms with Gasteiger partial charge >= 0.3 is 0 Å². The van der Waals surface area contributed by atoms with Gasteiger partial charge in [0.25, 0.3) is 0 Å². The van der Waals surface area contributed by atoms with Gasteiger partial charge in [0.1, 0.15) is 5.75 Å². The zero-order valence-corrected chi connectivity index (χ0v) is 19.7. The number of hydrogen-bond donors (Lipinski definition) is 1. The zero-order chi connectivity index (χ0) is 19.1. The number of aliphatic imine (C=N–C) groups is 1. The standard InChI is InChI=1S/C21H34N4O2.HI/c1-22-21(25-13-10-17(15-25)16-26-2)23-14-20(24-11-4-5-12-24)18-6-8-19(27-3)9-7-18;/h6-9,17,20H,4-5,10-16H2,1-3H3,(H,22,23);1H. The minimum Gasteiger partial charge on any atom is -0.497 e. The smallest absolute Gasteiger partial charge is 0.193 e. The lowest BCUT2D eigenvalue weighted by molar-refractivity contribution is 0.157. The van der Waals surface area contributed by atoms with Crippen molar-refractivity contribution in [2.75, 3.05) is 60.6 Å². The highest BCUT2D eigenvalue weighted by molar-refractivity contribution is 14.0. The van der Waals surface area contributed by atoms with Crippen LogP contribution in [0.2, 0.25) is 0 Å². The summed E-state index contributed by atoms with van der Waals surface area (Å²) in [7, 11) is 5.38. The Hall–Kier alpha value is -1.06. The zero-order valence-electron chi connectivity index (χ0n) is 17.4. The minimum absolute atomic E-state index is 0. The van der Waals surface area contributed by atoms with Crippen LogP contribution in [-0.4, -0.2) is 76.4 Å². The van der Waals surface area contributed by atoms with E-state index in [2.05, 4.69) is 44.4 Å². The first kappa shape index (κ1) is 23.2. The highest BCUT2D eigenvalue weighted by atomic mass is 127. The Morgan fingerprint density at radius 2 is 1.89 bits per heavy atom. The molecule has 2 fully saturated rings. The fourth-order valence-electron chi connectivity index (χ4n) is 4.25. The Morgan fingerprint density at radius 3 is 2.50 bits per heavy atom. The van der Waals surface area contributed by atoms with Crippen molar-refractivity contribution >= 4 is 29.9 Å². The van der Waals surface area contributed by atoms with E-state index in [0.717, 1.165) is 51.0 Å². The fourth-order valence-corrected chi connectivity index (χ4v) is 4.25. The second-order valence-electron chi connectivity index (χ2n) is 7.52. The number of methoxy groups -OCH3 is 2. The Morgan fingerprint density at radius 1 is 1.18 bits per heavy atom. The molecule has 2 atom stereocenters. The predicted octanol–water partition coefficient (Wildman–Crippen LogP) is 2.99. The Bertz CT molecular complexity index is 605. The molecule has 3 rings (SSSR count). The van der Waals surface area contributed by atoms with E-state index in [1.807, 2.05) is 7.05 Å². The Balaban J connectivity index is 0.00000280. The van der Waals surface area contributed by atoms with Gasteiger partial charge in [-0.25, -0.2) is 0 Å². The number of guanidine groups is 1. The molecule has 2 aliphatic heterocycles. The molecule has 0 spiro atoms. The SMILES string of the molecule is CN=C(NCC(c1ccc(OC)cc1)N1CCCC1)N1CCC(COC)C1.I. The van der Waals surface area contributed by atoms with E-state index >= 15 is 0 Å². The van der Waals surface area contributed by atoms with Crippen LogP contribution in [0.25, 0.3) is 0 Å². The first-order valence-corrected chi connectivity index (χ1v) is 10.1. The summed E-state index contributed by atoms with van der Waals surface area (Å²) in [6.07, 6.45) is 3.74. The van der Waals surface area contributed by atoms with Gasteiger partial charge in [0, 0.05) is 39.7 Å². The molecule has 2 saturated heterocycles. The molecule has 0 amide bonds. The maximum absolute atomic E-state index is 5.33. The van der Waals surface area contributed by atoms with Crippen LogP contribution in [0.1, 0.15) is 30.9 Å². The van der Waals surface area contributed by atoms with E-state index in [1.54, 1.807) is 14.2 Å². The van der Waals surface area contributed by atoms with Crippen LogP contribution < -0.4 is 10.1 Å². The summed E-state index contributed by atoms with van der Waals surface area (Å²) < 4.78 is 10.6. The molecule has 28 heavy (non-hydrogen) atoms. The monoisotopic (exact) mass is 502 g/mol. The van der Waals surface area contributed by atoms with Crippen molar-refractivity contribution in [3.05, 3.63) is 29.8 Å². The van der Waals surface area contributed by atoms with Gasteiger partial charge in [0.15, 0.2) is 5.96 Å². The molecule has 0 radical (unpaired) electrons. The predicted molar refractivity (Wildman–Crippen MR) is 125 cm³/mol. The van der Waals surface area contributed by atoms with Crippen LogP contribution in [0.15, 0.2) is 29.3 Å². The van der Waals surface area contributed by atoms with E-state index in [-0.39, 0.29) is 24.0 Å². The molecule has 7 heteroatoms. The summed E-state index contributed by atoms with van der Waals surface area (Å²) in [5, 5.41) is 3.64. The van der Waals surface area contributed by atoms with E-state index < -0.39 is 0 Å². The van der Waals surface area contributed by atoms with Gasteiger partial charge in [-0.1, -0.05) is 12.1 Å².